The number of hydrazone groups is 1. The zero-order chi connectivity index (χ0) is 22.0. The quantitative estimate of drug-likeness (QED) is 0.652. The molecule has 4 rings (SSSR count). The Hall–Kier alpha value is -3.02. The van der Waals surface area contributed by atoms with E-state index in [9.17, 15) is 4.39 Å². The number of aryl methyl sites for hydroxylation is 1. The molecule has 2 aromatic rings. The van der Waals surface area contributed by atoms with Gasteiger partial charge in [0.05, 0.1) is 11.7 Å². The van der Waals surface area contributed by atoms with Gasteiger partial charge in [-0.1, -0.05) is 26.5 Å². The van der Waals surface area contributed by atoms with Crippen LogP contribution in [0.2, 0.25) is 0 Å². The average Bonchev–Trinajstić information content (AvgIpc) is 3.20. The lowest BCUT2D eigenvalue weighted by molar-refractivity contribution is 0.286. The normalized spacial score (nSPS) is 17.6. The second-order valence-electron chi connectivity index (χ2n) is 8.25. The number of halogens is 1. The van der Waals surface area contributed by atoms with Gasteiger partial charge in [-0.2, -0.15) is 5.10 Å². The fraction of sp³-hybridized carbons (Fsp3) is 0.400. The zero-order valence-corrected chi connectivity index (χ0v) is 18.8. The fourth-order valence-electron chi connectivity index (χ4n) is 4.16. The van der Waals surface area contributed by atoms with Crippen molar-refractivity contribution >= 4 is 23.4 Å². The van der Waals surface area contributed by atoms with Crippen molar-refractivity contribution < 1.29 is 4.39 Å². The number of piperazine rings is 1. The molecule has 1 saturated heterocycles. The predicted molar refractivity (Wildman–Crippen MR) is 128 cm³/mol. The molecule has 0 aliphatic carbocycles. The molecule has 0 bridgehead atoms. The van der Waals surface area contributed by atoms with Crippen LogP contribution in [0, 0.1) is 5.82 Å². The number of hydrogen-bond acceptors (Lipinski definition) is 5. The van der Waals surface area contributed by atoms with Crippen LogP contribution < -0.4 is 14.7 Å². The highest BCUT2D eigenvalue weighted by Gasteiger charge is 2.25. The minimum absolute atomic E-state index is 0.115. The molecule has 2 aliphatic rings. The van der Waals surface area contributed by atoms with E-state index in [4.69, 9.17) is 0 Å². The number of anilines is 3. The molecule has 0 radical (unpaired) electrons. The van der Waals surface area contributed by atoms with E-state index in [-0.39, 0.29) is 5.82 Å². The van der Waals surface area contributed by atoms with Crippen molar-refractivity contribution in [3.63, 3.8) is 0 Å². The summed E-state index contributed by atoms with van der Waals surface area (Å²) in [4.78, 5) is 6.53. The summed E-state index contributed by atoms with van der Waals surface area (Å²) in [7, 11) is 0. The Morgan fingerprint density at radius 3 is 2.23 bits per heavy atom. The average molecular weight is 422 g/mol. The zero-order valence-electron chi connectivity index (χ0n) is 18.8. The van der Waals surface area contributed by atoms with E-state index < -0.39 is 0 Å². The topological polar surface area (TPSA) is 25.3 Å². The van der Waals surface area contributed by atoms with Gasteiger partial charge in [0, 0.05) is 37.6 Å². The highest BCUT2D eigenvalue weighted by atomic mass is 19.1. The first-order valence-corrected chi connectivity index (χ1v) is 11.2. The molecule has 2 aromatic carbocycles. The Morgan fingerprint density at radius 2 is 1.61 bits per heavy atom. The van der Waals surface area contributed by atoms with Gasteiger partial charge in [0.2, 0.25) is 0 Å². The van der Waals surface area contributed by atoms with Gasteiger partial charge in [0.25, 0.3) is 0 Å². The molecule has 0 amide bonds. The van der Waals surface area contributed by atoms with Gasteiger partial charge < -0.3 is 9.80 Å². The van der Waals surface area contributed by atoms with Gasteiger partial charge in [0.1, 0.15) is 18.0 Å². The van der Waals surface area contributed by atoms with Crippen molar-refractivity contribution in [3.05, 3.63) is 66.2 Å². The minimum atomic E-state index is -0.115. The van der Waals surface area contributed by atoms with E-state index in [1.54, 1.807) is 6.07 Å². The third-order valence-electron chi connectivity index (χ3n) is 6.38. The van der Waals surface area contributed by atoms with Crippen LogP contribution in [0.3, 0.4) is 0 Å². The van der Waals surface area contributed by atoms with E-state index in [1.165, 1.54) is 5.69 Å². The summed E-state index contributed by atoms with van der Waals surface area (Å²) in [6.07, 6.45) is 3.70. The highest BCUT2D eigenvalue weighted by molar-refractivity contribution is 5.85. The summed E-state index contributed by atoms with van der Waals surface area (Å²) in [5, 5.41) is 6.47. The molecule has 164 valence electrons. The third-order valence-corrected chi connectivity index (χ3v) is 6.38. The van der Waals surface area contributed by atoms with Gasteiger partial charge in [0.15, 0.2) is 0 Å². The molecule has 1 fully saturated rings. The van der Waals surface area contributed by atoms with Crippen LogP contribution in [-0.2, 0) is 6.42 Å². The third kappa shape index (κ3) is 4.24. The summed E-state index contributed by atoms with van der Waals surface area (Å²) in [5.74, 6) is 0.767. The van der Waals surface area contributed by atoms with E-state index in [0.29, 0.717) is 11.7 Å². The van der Waals surface area contributed by atoms with Gasteiger partial charge >= 0.3 is 0 Å². The summed E-state index contributed by atoms with van der Waals surface area (Å²) >= 11 is 0. The van der Waals surface area contributed by atoms with Crippen molar-refractivity contribution in [2.75, 3.05) is 40.9 Å². The van der Waals surface area contributed by atoms with Crippen molar-refractivity contribution in [2.24, 2.45) is 5.10 Å². The van der Waals surface area contributed by atoms with Crippen LogP contribution in [0.1, 0.15) is 32.8 Å². The van der Waals surface area contributed by atoms with Crippen molar-refractivity contribution in [1.29, 1.82) is 0 Å². The largest absolute Gasteiger partial charge is 0.368 e. The van der Waals surface area contributed by atoms with E-state index >= 15 is 0 Å². The van der Waals surface area contributed by atoms with Gasteiger partial charge in [-0.3, -0.25) is 4.90 Å². The molecule has 6 heteroatoms. The summed E-state index contributed by atoms with van der Waals surface area (Å²) < 4.78 is 14.5. The lowest BCUT2D eigenvalue weighted by Crippen LogP contribution is -2.46. The molecule has 1 unspecified atom stereocenters. The molecule has 31 heavy (non-hydrogen) atoms. The number of benzene rings is 2. The van der Waals surface area contributed by atoms with Crippen LogP contribution in [0.15, 0.2) is 60.0 Å². The first kappa shape index (κ1) is 21.2. The second kappa shape index (κ2) is 9.00. The minimum Gasteiger partial charge on any atom is -0.368 e. The van der Waals surface area contributed by atoms with E-state index in [0.717, 1.165) is 56.1 Å². The Kier molecular flexibility index (Phi) is 6.16. The molecular formula is C25H32FN5. The second-order valence-corrected chi connectivity index (χ2v) is 8.25. The molecule has 0 saturated carbocycles. The standard InChI is InChI=1S/C25H32FN5/c1-5-19(3)31-20(4)30(18-27-31)23-10-8-22(9-11-23)28-13-15-29(16-14-28)25-12-7-21(6-2)17-24(25)26/h7-12,17-19H,4-6,13-16H2,1-3H3. The maximum absolute atomic E-state index is 14.5. The van der Waals surface area contributed by atoms with Crippen molar-refractivity contribution in [2.45, 2.75) is 39.7 Å². The molecule has 2 heterocycles. The first-order chi connectivity index (χ1) is 15.0. The van der Waals surface area contributed by atoms with Crippen LogP contribution in [0.25, 0.3) is 0 Å². The van der Waals surface area contributed by atoms with Crippen molar-refractivity contribution in [1.82, 2.24) is 5.01 Å². The lowest BCUT2D eigenvalue weighted by Gasteiger charge is -2.37. The SMILES string of the molecule is C=C1N(c2ccc(N3CCN(c4ccc(CC)cc4F)CC3)cc2)C=NN1C(C)CC. The molecule has 0 spiro atoms. The Bertz CT molecular complexity index is 947. The summed E-state index contributed by atoms with van der Waals surface area (Å²) in [5.41, 5.74) is 3.99. The maximum Gasteiger partial charge on any atom is 0.146 e. The smallest absolute Gasteiger partial charge is 0.146 e. The van der Waals surface area contributed by atoms with Gasteiger partial charge in [-0.05, 0) is 61.7 Å². The first-order valence-electron chi connectivity index (χ1n) is 11.2. The highest BCUT2D eigenvalue weighted by Crippen LogP contribution is 2.29. The monoisotopic (exact) mass is 421 g/mol. The summed E-state index contributed by atoms with van der Waals surface area (Å²) in [6.45, 7) is 13.9. The molecule has 0 aromatic heterocycles. The van der Waals surface area contributed by atoms with E-state index in [1.807, 2.05) is 35.3 Å². The maximum atomic E-state index is 14.5. The number of rotatable bonds is 6. The van der Waals surface area contributed by atoms with E-state index in [2.05, 4.69) is 59.6 Å². The Morgan fingerprint density at radius 1 is 0.968 bits per heavy atom. The van der Waals surface area contributed by atoms with Crippen LogP contribution in [0.4, 0.5) is 21.5 Å². The molecule has 0 N–H and O–H groups in total. The predicted octanol–water partition coefficient (Wildman–Crippen LogP) is 5.05. The number of hydrogen-bond donors (Lipinski definition) is 0. The van der Waals surface area contributed by atoms with Crippen LogP contribution in [0.5, 0.6) is 0 Å². The molecule has 5 nitrogen and oxygen atoms in total. The fourth-order valence-corrected chi connectivity index (χ4v) is 4.16. The lowest BCUT2D eigenvalue weighted by atomic mass is 10.1. The number of nitrogens with zero attached hydrogens (tertiary/aromatic N) is 5. The van der Waals surface area contributed by atoms with Gasteiger partial charge in [-0.25, -0.2) is 9.40 Å². The Labute approximate surface area is 185 Å². The Balaban J connectivity index is 1.38. The van der Waals surface area contributed by atoms with Gasteiger partial charge in [-0.15, -0.1) is 0 Å². The molecular weight excluding hydrogens is 389 g/mol. The van der Waals surface area contributed by atoms with Crippen LogP contribution >= 0.6 is 0 Å². The van der Waals surface area contributed by atoms with Crippen LogP contribution in [-0.4, -0.2) is 43.6 Å². The summed E-state index contributed by atoms with van der Waals surface area (Å²) in [6, 6.07) is 14.5. The van der Waals surface area contributed by atoms with Crippen molar-refractivity contribution in [3.8, 4) is 0 Å². The molecule has 2 aliphatic heterocycles. The molecule has 1 atom stereocenters.